The molecule has 54 heavy (non-hydrogen) atoms. The van der Waals surface area contributed by atoms with Crippen molar-refractivity contribution in [1.29, 1.82) is 0 Å². The molecule has 0 aliphatic carbocycles. The van der Waals surface area contributed by atoms with Crippen LogP contribution in [0.4, 0.5) is 0 Å². The van der Waals surface area contributed by atoms with Gasteiger partial charge in [-0.2, -0.15) is 11.2 Å². The van der Waals surface area contributed by atoms with Crippen LogP contribution in [-0.2, 0) is 31.9 Å². The number of rotatable bonds is 7. The number of aromatic nitrogens is 4. The van der Waals surface area contributed by atoms with Crippen LogP contribution in [0.2, 0.25) is 0 Å². The Morgan fingerprint density at radius 3 is 2.07 bits per heavy atom. The van der Waals surface area contributed by atoms with E-state index in [-0.39, 0.29) is 31.9 Å². The Bertz CT molecular complexity index is 2690. The second kappa shape index (κ2) is 13.1. The Balaban J connectivity index is 0.00000413. The third-order valence-corrected chi connectivity index (χ3v) is 11.9. The number of benzene rings is 5. The minimum Gasteiger partial charge on any atom is -0.503 e. The smallest absolute Gasteiger partial charge is 0.503 e. The maximum Gasteiger partial charge on any atom is 2.00 e. The summed E-state index contributed by atoms with van der Waals surface area (Å²) in [5.41, 5.74) is 12.3. The van der Waals surface area contributed by atoms with Crippen molar-refractivity contribution in [2.45, 2.75) is 78.1 Å². The molecule has 9 rings (SSSR count). The fraction of sp³-hybridized carbons (Fsp3) is 0.250. The zero-order valence-electron chi connectivity index (χ0n) is 32.1. The minimum atomic E-state index is -0.213. The molecule has 5 nitrogen and oxygen atoms in total. The quantitative estimate of drug-likeness (QED) is 0.118. The van der Waals surface area contributed by atoms with Crippen LogP contribution >= 0.6 is 0 Å². The van der Waals surface area contributed by atoms with Gasteiger partial charge in [-0.3, -0.25) is 9.67 Å². The van der Waals surface area contributed by atoms with Crippen LogP contribution in [0.25, 0.3) is 55.4 Å². The van der Waals surface area contributed by atoms with Crippen molar-refractivity contribution in [2.75, 3.05) is 0 Å². The molecular weight excluding hydrogens is 844 g/mol. The summed E-state index contributed by atoms with van der Waals surface area (Å²) in [7, 11) is 0. The third-order valence-electron chi connectivity index (χ3n) is 11.9. The Morgan fingerprint density at radius 2 is 1.35 bits per heavy atom. The average Bonchev–Trinajstić information content (AvgIpc) is 3.81. The van der Waals surface area contributed by atoms with Gasteiger partial charge < -0.3 is 9.14 Å². The zero-order valence-corrected chi connectivity index (χ0v) is 34.3. The number of imidazole rings is 1. The third kappa shape index (κ3) is 5.38. The summed E-state index contributed by atoms with van der Waals surface area (Å²) in [4.78, 5) is 5.45. The van der Waals surface area contributed by atoms with Crippen molar-refractivity contribution in [2.24, 2.45) is 0 Å². The summed E-state index contributed by atoms with van der Waals surface area (Å²) in [6, 6.07) is 41.2. The van der Waals surface area contributed by atoms with Gasteiger partial charge in [0.05, 0.1) is 17.5 Å². The number of ether oxygens (including phenoxy) is 1. The van der Waals surface area contributed by atoms with Gasteiger partial charge in [0, 0.05) is 50.9 Å². The number of hydrogen-bond donors (Lipinski definition) is 0. The van der Waals surface area contributed by atoms with Crippen LogP contribution < -0.4 is 4.74 Å². The topological polar surface area (TPSA) is 44.4 Å². The summed E-state index contributed by atoms with van der Waals surface area (Å²) in [6.45, 7) is 18.5. The van der Waals surface area contributed by atoms with Crippen molar-refractivity contribution < 1.29 is 25.8 Å². The van der Waals surface area contributed by atoms with E-state index in [0.717, 1.165) is 38.9 Å². The van der Waals surface area contributed by atoms with Crippen molar-refractivity contribution in [3.05, 3.63) is 144 Å². The largest absolute Gasteiger partial charge is 2.00 e. The SMILES string of the molecule is CC(C)c1cccc(C(C)C)c1-c1cnn(-c2[c-]c(Oc3[c-]c4c(cc3)c3cccc5c3n3c(c(-c6ccccc6)nc43)C(C)(C)C5(C)C)ccc2)c1.[Pt+2]. The van der Waals surface area contributed by atoms with Gasteiger partial charge in [0.2, 0.25) is 0 Å². The van der Waals surface area contributed by atoms with Gasteiger partial charge in [-0.15, -0.1) is 30.3 Å². The predicted octanol–water partition coefficient (Wildman–Crippen LogP) is 12.4. The van der Waals surface area contributed by atoms with E-state index < -0.39 is 0 Å². The Labute approximate surface area is 332 Å². The Morgan fingerprint density at radius 1 is 0.667 bits per heavy atom. The number of pyridine rings is 1. The normalized spacial score (nSPS) is 14.4. The van der Waals surface area contributed by atoms with E-state index in [0.29, 0.717) is 23.3 Å². The van der Waals surface area contributed by atoms with Crippen LogP contribution in [0, 0.1) is 12.1 Å². The fourth-order valence-electron chi connectivity index (χ4n) is 8.47. The molecule has 6 heteroatoms. The van der Waals surface area contributed by atoms with Gasteiger partial charge >= 0.3 is 21.1 Å². The minimum absolute atomic E-state index is 0. The van der Waals surface area contributed by atoms with Gasteiger partial charge in [0.1, 0.15) is 0 Å². The molecule has 8 aromatic rings. The molecule has 0 fully saturated rings. The van der Waals surface area contributed by atoms with E-state index in [1.54, 1.807) is 0 Å². The molecule has 0 saturated heterocycles. The molecule has 1 aliphatic rings. The van der Waals surface area contributed by atoms with Crippen LogP contribution in [0.5, 0.6) is 11.5 Å². The van der Waals surface area contributed by atoms with Gasteiger partial charge in [0.25, 0.3) is 0 Å². The van der Waals surface area contributed by atoms with E-state index in [4.69, 9.17) is 14.8 Å². The maximum absolute atomic E-state index is 6.55. The predicted molar refractivity (Wildman–Crippen MR) is 217 cm³/mol. The summed E-state index contributed by atoms with van der Waals surface area (Å²) in [5, 5.41) is 8.03. The van der Waals surface area contributed by atoms with Crippen LogP contribution in [0.3, 0.4) is 0 Å². The van der Waals surface area contributed by atoms with E-state index in [1.165, 1.54) is 38.9 Å². The van der Waals surface area contributed by atoms with Crippen molar-refractivity contribution in [3.8, 4) is 39.6 Å². The number of fused-ring (bicyclic) bond motifs is 3. The van der Waals surface area contributed by atoms with Gasteiger partial charge in [-0.05, 0) is 45.2 Å². The first kappa shape index (κ1) is 36.0. The molecular formula is C48H44N4OPt. The van der Waals surface area contributed by atoms with Gasteiger partial charge in [-0.1, -0.05) is 139 Å². The zero-order chi connectivity index (χ0) is 36.8. The average molecular weight is 888 g/mol. The van der Waals surface area contributed by atoms with Crippen molar-refractivity contribution in [3.63, 3.8) is 0 Å². The molecule has 0 atom stereocenters. The molecule has 4 heterocycles. The van der Waals surface area contributed by atoms with Crippen molar-refractivity contribution in [1.82, 2.24) is 19.2 Å². The number of nitrogens with zero attached hydrogens (tertiary/aromatic N) is 4. The summed E-state index contributed by atoms with van der Waals surface area (Å²) in [6.07, 6.45) is 4.07. The number of hydrogen-bond acceptors (Lipinski definition) is 3. The Kier molecular flexibility index (Phi) is 8.73. The van der Waals surface area contributed by atoms with E-state index in [2.05, 4.69) is 151 Å². The second-order valence-electron chi connectivity index (χ2n) is 16.2. The second-order valence-corrected chi connectivity index (χ2v) is 16.2. The maximum atomic E-state index is 6.55. The molecule has 0 unspecified atom stereocenters. The summed E-state index contributed by atoms with van der Waals surface area (Å²) >= 11 is 0. The monoisotopic (exact) mass is 887 g/mol. The molecule has 5 aromatic carbocycles. The molecule has 3 aromatic heterocycles. The Hall–Kier alpha value is -4.99. The number of para-hydroxylation sites is 1. The fourth-order valence-corrected chi connectivity index (χ4v) is 8.47. The van der Waals surface area contributed by atoms with Crippen LogP contribution in [0.15, 0.2) is 109 Å². The van der Waals surface area contributed by atoms with Crippen molar-refractivity contribution >= 4 is 27.3 Å². The van der Waals surface area contributed by atoms with E-state index in [1.807, 2.05) is 35.1 Å². The van der Waals surface area contributed by atoms with E-state index >= 15 is 0 Å². The molecule has 0 bridgehead atoms. The van der Waals surface area contributed by atoms with Crippen LogP contribution in [0.1, 0.15) is 89.6 Å². The van der Waals surface area contributed by atoms with E-state index in [9.17, 15) is 0 Å². The molecule has 0 amide bonds. The van der Waals surface area contributed by atoms with Gasteiger partial charge in [0.15, 0.2) is 0 Å². The first-order valence-corrected chi connectivity index (χ1v) is 18.7. The van der Waals surface area contributed by atoms with Crippen LogP contribution in [-0.4, -0.2) is 19.2 Å². The first-order valence-electron chi connectivity index (χ1n) is 18.7. The molecule has 0 saturated carbocycles. The first-order chi connectivity index (χ1) is 25.5. The molecule has 0 N–H and O–H groups in total. The molecule has 1 aliphatic heterocycles. The summed E-state index contributed by atoms with van der Waals surface area (Å²) < 4.78 is 10.8. The molecule has 272 valence electrons. The molecule has 0 radical (unpaired) electrons. The molecule has 0 spiro atoms. The summed E-state index contributed by atoms with van der Waals surface area (Å²) in [5.74, 6) is 2.00. The van der Waals surface area contributed by atoms with Gasteiger partial charge in [-0.25, -0.2) is 0 Å². The standard InChI is InChI=1S/C48H44N4O.Pt/c1-29(2)36-19-13-20-37(30(3)4)42(36)32-27-49-51(28-32)33-17-12-18-34(25-33)53-35-23-24-38-39-21-14-22-41-44(39)52-45(48(7,8)47(41,5)6)43(31-15-10-9-11-16-31)50-46(52)40(38)26-35;/h9-24,27-30H,1-8H3;/q-2;+2.